The average Bonchev–Trinajstić information content (AvgIpc) is 2.39. The van der Waals surface area contributed by atoms with Gasteiger partial charge < -0.3 is 9.84 Å². The molecule has 20 heavy (non-hydrogen) atoms. The van der Waals surface area contributed by atoms with Crippen molar-refractivity contribution >= 4 is 11.6 Å². The minimum atomic E-state index is -0.533. The van der Waals surface area contributed by atoms with Crippen LogP contribution in [0.3, 0.4) is 0 Å². The van der Waals surface area contributed by atoms with E-state index in [0.29, 0.717) is 17.4 Å². The summed E-state index contributed by atoms with van der Waals surface area (Å²) >= 11 is 6.10. The van der Waals surface area contributed by atoms with Crippen LogP contribution in [0.4, 0.5) is 0 Å². The van der Waals surface area contributed by atoms with E-state index in [1.54, 1.807) is 19.1 Å². The van der Waals surface area contributed by atoms with Gasteiger partial charge in [-0.25, -0.2) is 0 Å². The summed E-state index contributed by atoms with van der Waals surface area (Å²) in [5, 5.41) is 18.9. The lowest BCUT2D eigenvalue weighted by Crippen LogP contribution is -2.08. The van der Waals surface area contributed by atoms with Gasteiger partial charge in [-0.3, -0.25) is 0 Å². The first-order valence-electron chi connectivity index (χ1n) is 6.87. The number of aliphatic hydroxyl groups is 1. The maximum atomic E-state index is 9.46. The van der Waals surface area contributed by atoms with Gasteiger partial charge in [-0.1, -0.05) is 17.7 Å². The summed E-state index contributed by atoms with van der Waals surface area (Å²) < 4.78 is 5.62. The highest BCUT2D eigenvalue weighted by atomic mass is 35.5. The van der Waals surface area contributed by atoms with Crippen LogP contribution in [0.5, 0.6) is 5.75 Å². The molecule has 0 heterocycles. The second-order valence-electron chi connectivity index (χ2n) is 5.67. The van der Waals surface area contributed by atoms with Crippen LogP contribution < -0.4 is 4.74 Å². The SMILES string of the molecule is CC(O)c1ccc(OCCCCC(C)(C)C#N)c(Cl)c1. The highest BCUT2D eigenvalue weighted by molar-refractivity contribution is 6.32. The molecule has 1 aromatic carbocycles. The van der Waals surface area contributed by atoms with Crippen molar-refractivity contribution in [3.63, 3.8) is 0 Å². The Kier molecular flexibility index (Phi) is 6.32. The van der Waals surface area contributed by atoms with E-state index in [2.05, 4.69) is 6.07 Å². The number of ether oxygens (including phenoxy) is 1. The molecule has 0 bridgehead atoms. The van der Waals surface area contributed by atoms with Crippen LogP contribution in [0.2, 0.25) is 5.02 Å². The van der Waals surface area contributed by atoms with Crippen LogP contribution in [0, 0.1) is 16.7 Å². The Morgan fingerprint density at radius 3 is 2.65 bits per heavy atom. The predicted octanol–water partition coefficient (Wildman–Crippen LogP) is 4.49. The molecule has 1 N–H and O–H groups in total. The molecule has 1 rings (SSSR count). The first kappa shape index (κ1) is 16.8. The molecule has 1 atom stereocenters. The van der Waals surface area contributed by atoms with Gasteiger partial charge in [-0.2, -0.15) is 5.26 Å². The van der Waals surface area contributed by atoms with E-state index in [-0.39, 0.29) is 5.41 Å². The zero-order chi connectivity index (χ0) is 15.2. The Hall–Kier alpha value is -1.24. The molecule has 110 valence electrons. The number of hydrogen-bond donors (Lipinski definition) is 1. The van der Waals surface area contributed by atoms with Crippen molar-refractivity contribution in [1.82, 2.24) is 0 Å². The molecule has 1 unspecified atom stereocenters. The van der Waals surface area contributed by atoms with Gasteiger partial charge in [0.2, 0.25) is 0 Å². The number of nitriles is 1. The lowest BCUT2D eigenvalue weighted by Gasteiger charge is -2.15. The van der Waals surface area contributed by atoms with E-state index >= 15 is 0 Å². The van der Waals surface area contributed by atoms with Crippen molar-refractivity contribution in [3.05, 3.63) is 28.8 Å². The van der Waals surface area contributed by atoms with Crippen LogP contribution in [0.1, 0.15) is 51.7 Å². The van der Waals surface area contributed by atoms with Crippen LogP contribution >= 0.6 is 11.6 Å². The highest BCUT2D eigenvalue weighted by Crippen LogP contribution is 2.28. The summed E-state index contributed by atoms with van der Waals surface area (Å²) in [6.45, 7) is 6.16. The predicted molar refractivity (Wildman–Crippen MR) is 80.8 cm³/mol. The van der Waals surface area contributed by atoms with E-state index in [0.717, 1.165) is 24.8 Å². The lowest BCUT2D eigenvalue weighted by molar-refractivity contribution is 0.199. The standard InChI is InChI=1S/C16H22ClNO2/c1-12(19)13-6-7-15(14(17)10-13)20-9-5-4-8-16(2,3)11-18/h6-7,10,12,19H,4-5,8-9H2,1-3H3. The molecule has 1 aromatic rings. The fourth-order valence-electron chi connectivity index (χ4n) is 1.80. The molecule has 0 spiro atoms. The van der Waals surface area contributed by atoms with Crippen molar-refractivity contribution in [1.29, 1.82) is 5.26 Å². The first-order valence-corrected chi connectivity index (χ1v) is 7.25. The van der Waals surface area contributed by atoms with Gasteiger partial charge in [-0.05, 0) is 57.7 Å². The second-order valence-corrected chi connectivity index (χ2v) is 6.07. The average molecular weight is 296 g/mol. The zero-order valence-corrected chi connectivity index (χ0v) is 13.1. The second kappa shape index (κ2) is 7.52. The summed E-state index contributed by atoms with van der Waals surface area (Å²) in [6, 6.07) is 7.60. The number of unbranched alkanes of at least 4 members (excludes halogenated alkanes) is 1. The minimum absolute atomic E-state index is 0.267. The molecule has 4 heteroatoms. The molecule has 0 aliphatic heterocycles. The van der Waals surface area contributed by atoms with Gasteiger partial charge in [-0.15, -0.1) is 0 Å². The quantitative estimate of drug-likeness (QED) is 0.754. The Balaban J connectivity index is 2.38. The van der Waals surface area contributed by atoms with Gasteiger partial charge in [0, 0.05) is 0 Å². The number of benzene rings is 1. The maximum absolute atomic E-state index is 9.46. The zero-order valence-electron chi connectivity index (χ0n) is 12.3. The molecule has 0 radical (unpaired) electrons. The number of hydrogen-bond acceptors (Lipinski definition) is 3. The van der Waals surface area contributed by atoms with Gasteiger partial charge in [0.15, 0.2) is 0 Å². The smallest absolute Gasteiger partial charge is 0.137 e. The third kappa shape index (κ3) is 5.40. The van der Waals surface area contributed by atoms with Crippen molar-refractivity contribution in [2.75, 3.05) is 6.61 Å². The van der Waals surface area contributed by atoms with Gasteiger partial charge in [0.1, 0.15) is 5.75 Å². The molecule has 0 aliphatic carbocycles. The Bertz CT molecular complexity index is 478. The number of nitrogens with zero attached hydrogens (tertiary/aromatic N) is 1. The number of rotatable bonds is 7. The fraction of sp³-hybridized carbons (Fsp3) is 0.562. The van der Waals surface area contributed by atoms with E-state index in [9.17, 15) is 5.11 Å². The molecular formula is C16H22ClNO2. The van der Waals surface area contributed by atoms with Gasteiger partial charge in [0.05, 0.1) is 29.2 Å². The summed E-state index contributed by atoms with van der Waals surface area (Å²) in [5.41, 5.74) is 0.509. The fourth-order valence-corrected chi connectivity index (χ4v) is 2.04. The van der Waals surface area contributed by atoms with Crippen LogP contribution in [-0.2, 0) is 0 Å². The summed E-state index contributed by atoms with van der Waals surface area (Å²) in [6.07, 6.45) is 2.17. The van der Waals surface area contributed by atoms with Gasteiger partial charge in [0.25, 0.3) is 0 Å². The minimum Gasteiger partial charge on any atom is -0.492 e. The summed E-state index contributed by atoms with van der Waals surface area (Å²) in [7, 11) is 0. The van der Waals surface area contributed by atoms with E-state index in [4.69, 9.17) is 21.6 Å². The highest BCUT2D eigenvalue weighted by Gasteiger charge is 2.15. The van der Waals surface area contributed by atoms with Crippen molar-refractivity contribution in [3.8, 4) is 11.8 Å². The Morgan fingerprint density at radius 2 is 2.10 bits per heavy atom. The molecule has 0 amide bonds. The molecular weight excluding hydrogens is 274 g/mol. The number of halogens is 1. The van der Waals surface area contributed by atoms with Crippen LogP contribution in [0.15, 0.2) is 18.2 Å². The number of aliphatic hydroxyl groups excluding tert-OH is 1. The Morgan fingerprint density at radius 1 is 1.40 bits per heavy atom. The monoisotopic (exact) mass is 295 g/mol. The van der Waals surface area contributed by atoms with Crippen molar-refractivity contribution in [2.24, 2.45) is 5.41 Å². The third-order valence-electron chi connectivity index (χ3n) is 3.19. The molecule has 0 aromatic heterocycles. The van der Waals surface area contributed by atoms with Crippen molar-refractivity contribution < 1.29 is 9.84 Å². The van der Waals surface area contributed by atoms with E-state index in [1.165, 1.54) is 0 Å². The molecule has 3 nitrogen and oxygen atoms in total. The molecule has 0 saturated heterocycles. The first-order chi connectivity index (χ1) is 9.35. The molecule has 0 fully saturated rings. The van der Waals surface area contributed by atoms with Crippen LogP contribution in [0.25, 0.3) is 0 Å². The largest absolute Gasteiger partial charge is 0.492 e. The Labute approximate surface area is 126 Å². The third-order valence-corrected chi connectivity index (χ3v) is 3.49. The topological polar surface area (TPSA) is 53.2 Å². The van der Waals surface area contributed by atoms with Crippen molar-refractivity contribution in [2.45, 2.75) is 46.1 Å². The van der Waals surface area contributed by atoms with E-state index < -0.39 is 6.10 Å². The summed E-state index contributed by atoms with van der Waals surface area (Å²) in [5.74, 6) is 0.635. The van der Waals surface area contributed by atoms with E-state index in [1.807, 2.05) is 19.9 Å². The molecule has 0 aliphatic rings. The lowest BCUT2D eigenvalue weighted by atomic mass is 9.89. The maximum Gasteiger partial charge on any atom is 0.137 e. The van der Waals surface area contributed by atoms with Gasteiger partial charge >= 0.3 is 0 Å². The normalized spacial score (nSPS) is 12.8. The van der Waals surface area contributed by atoms with Crippen LogP contribution in [-0.4, -0.2) is 11.7 Å². The summed E-state index contributed by atoms with van der Waals surface area (Å²) in [4.78, 5) is 0. The molecule has 0 saturated carbocycles.